The molecule has 0 bridgehead atoms. The van der Waals surface area contributed by atoms with Crippen molar-refractivity contribution in [2.75, 3.05) is 27.6 Å². The number of aliphatic hydroxyl groups is 1. The number of nitrogens with zero attached hydrogens (tertiary/aromatic N) is 1. The van der Waals surface area contributed by atoms with Crippen LogP contribution in [0.25, 0.3) is 0 Å². The molecule has 0 fully saturated rings. The van der Waals surface area contributed by atoms with Crippen LogP contribution in [0.1, 0.15) is 13.2 Å². The highest BCUT2D eigenvalue weighted by Crippen LogP contribution is 1.97. The van der Waals surface area contributed by atoms with Crippen molar-refractivity contribution in [2.24, 2.45) is 0 Å². The van der Waals surface area contributed by atoms with E-state index in [-0.39, 0.29) is 0 Å². The monoisotopic (exact) mass is 167 g/mol. The summed E-state index contributed by atoms with van der Waals surface area (Å²) in [5, 5.41) is 14.4. The summed E-state index contributed by atoms with van der Waals surface area (Å²) in [6.07, 6.45) is -6.75. The van der Waals surface area contributed by atoms with Crippen molar-refractivity contribution >= 4 is 5.97 Å². The van der Waals surface area contributed by atoms with Gasteiger partial charge in [-0.15, -0.1) is 0 Å². The van der Waals surface area contributed by atoms with Crippen LogP contribution in [-0.4, -0.2) is 50.7 Å². The van der Waals surface area contributed by atoms with Gasteiger partial charge in [-0.25, -0.2) is 0 Å². The van der Waals surface area contributed by atoms with Gasteiger partial charge in [0, 0.05) is 15.1 Å². The van der Waals surface area contributed by atoms with Crippen molar-refractivity contribution in [2.45, 2.75) is 12.5 Å². The van der Waals surface area contributed by atoms with E-state index in [9.17, 15) is 9.90 Å². The Labute approximate surface area is 75.2 Å². The molecule has 0 aromatic heterocycles. The number of likely N-dealkylation sites (N-methyl/N-ethyl adjacent to an activating group) is 1. The second-order valence-corrected chi connectivity index (χ2v) is 2.87. The molecule has 0 saturated heterocycles. The molecule has 11 heavy (non-hydrogen) atoms. The van der Waals surface area contributed by atoms with Crippen molar-refractivity contribution in [1.82, 2.24) is 0 Å². The summed E-state index contributed by atoms with van der Waals surface area (Å²) in [5.74, 6) is -2.31. The van der Waals surface area contributed by atoms with E-state index in [1.54, 1.807) is 0 Å². The van der Waals surface area contributed by atoms with Gasteiger partial charge in [0.05, 0.1) is 25.3 Å². The molecule has 0 amide bonds. The van der Waals surface area contributed by atoms with Gasteiger partial charge in [0.2, 0.25) is 1.43 Å². The van der Waals surface area contributed by atoms with Gasteiger partial charge in [0.25, 0.3) is 0 Å². The molecule has 1 atom stereocenters. The van der Waals surface area contributed by atoms with E-state index in [1.165, 1.54) is 21.1 Å². The zero-order valence-electron chi connectivity index (χ0n) is 12.7. The Kier molecular flexibility index (Phi) is 1.30. The Morgan fingerprint density at radius 1 is 1.91 bits per heavy atom. The average molecular weight is 167 g/mol. The fourth-order valence-corrected chi connectivity index (χ4v) is 0.425. The Morgan fingerprint density at radius 2 is 2.45 bits per heavy atom. The number of rotatable bonds is 5. The molecule has 0 aliphatic rings. The SMILES string of the molecule is [2H]O[C@@]([2H])(C([2H])([2H])C(=O)[O-])C([2H])([2H])[N+](C)(C)C. The van der Waals surface area contributed by atoms with Crippen LogP contribution in [0.15, 0.2) is 0 Å². The summed E-state index contributed by atoms with van der Waals surface area (Å²) in [7, 11) is 3.86. The van der Waals surface area contributed by atoms with Gasteiger partial charge in [0.1, 0.15) is 12.6 Å². The third-order valence-electron chi connectivity index (χ3n) is 0.653. The molecule has 0 saturated carbocycles. The van der Waals surface area contributed by atoms with E-state index in [2.05, 4.69) is 5.11 Å². The molecule has 1 N–H and O–H groups in total. The minimum absolute atomic E-state index is 0.623. The van der Waals surface area contributed by atoms with Crippen molar-refractivity contribution in [3.8, 4) is 0 Å². The van der Waals surface area contributed by atoms with Crippen LogP contribution in [0, 0.1) is 0 Å². The summed E-state index contributed by atoms with van der Waals surface area (Å²) in [6, 6.07) is 0. The standard InChI is InChI=1S/C7H15NO3/c1-8(2,3)5-6(9)4-7(10)11/h6,9H,4-5H2,1-3H3/t6-/m0/s1/i4D2,5D2,6D,9D. The number of carboxylic acids is 1. The maximum Gasteiger partial charge on any atom is 0.211 e. The summed E-state index contributed by atoms with van der Waals surface area (Å²) in [6.45, 7) is -2.79. The molecule has 0 aliphatic carbocycles. The van der Waals surface area contributed by atoms with Crippen LogP contribution < -0.4 is 5.11 Å². The molecule has 4 nitrogen and oxygen atoms in total. The van der Waals surface area contributed by atoms with E-state index in [0.29, 0.717) is 0 Å². The topological polar surface area (TPSA) is 60.4 Å². The van der Waals surface area contributed by atoms with E-state index in [1.807, 2.05) is 0 Å². The van der Waals surface area contributed by atoms with Crippen molar-refractivity contribution < 1.29 is 26.3 Å². The fraction of sp³-hybridized carbons (Fsp3) is 0.857. The van der Waals surface area contributed by atoms with Gasteiger partial charge in [-0.1, -0.05) is 0 Å². The third-order valence-corrected chi connectivity index (χ3v) is 0.653. The molecule has 4 heteroatoms. The van der Waals surface area contributed by atoms with Crippen molar-refractivity contribution in [1.29, 1.82) is 1.43 Å². The largest absolute Gasteiger partial charge is 0.550 e. The maximum absolute atomic E-state index is 10.7. The lowest BCUT2D eigenvalue weighted by molar-refractivity contribution is -0.873. The first kappa shape index (κ1) is 3.87. The highest BCUT2D eigenvalue weighted by Gasteiger charge is 2.14. The lowest BCUT2D eigenvalue weighted by Crippen LogP contribution is -2.43. The highest BCUT2D eigenvalue weighted by molar-refractivity contribution is 5.64. The minimum atomic E-state index is -3.48. The highest BCUT2D eigenvalue weighted by atomic mass is 16.4. The second kappa shape index (κ2) is 3.69. The lowest BCUT2D eigenvalue weighted by Gasteiger charge is -2.26. The fourth-order valence-electron chi connectivity index (χ4n) is 0.425. The minimum Gasteiger partial charge on any atom is -0.550 e. The Hall–Kier alpha value is -0.610. The lowest BCUT2D eigenvalue weighted by atomic mass is 10.2. The number of hydrogen-bond donors (Lipinski definition) is 1. The van der Waals surface area contributed by atoms with E-state index >= 15 is 0 Å². The molecule has 0 aromatic carbocycles. The summed E-state index contributed by atoms with van der Waals surface area (Å²) >= 11 is 0. The Morgan fingerprint density at radius 3 is 2.73 bits per heavy atom. The van der Waals surface area contributed by atoms with Gasteiger partial charge in [-0.05, 0) is 0 Å². The van der Waals surface area contributed by atoms with Crippen molar-refractivity contribution in [3.05, 3.63) is 0 Å². The summed E-state index contributed by atoms with van der Waals surface area (Å²) in [4.78, 5) is 10.7. The van der Waals surface area contributed by atoms with Crippen LogP contribution in [0.4, 0.5) is 0 Å². The van der Waals surface area contributed by atoms with E-state index in [0.717, 1.165) is 0 Å². The molecule has 66 valence electrons. The maximum atomic E-state index is 10.7. The van der Waals surface area contributed by atoms with E-state index < -0.39 is 29.4 Å². The number of hydrogen-bond acceptors (Lipinski definition) is 3. The Balaban J connectivity index is 5.84. The predicted molar refractivity (Wildman–Crippen MR) is 38.5 cm³/mol. The molecule has 0 aromatic rings. The number of carbonyl (C=O) groups excluding carboxylic acids is 1. The normalized spacial score (nSPS) is 27.9. The van der Waals surface area contributed by atoms with Gasteiger partial charge < -0.3 is 19.5 Å². The van der Waals surface area contributed by atoms with Gasteiger partial charge in [-0.2, -0.15) is 0 Å². The van der Waals surface area contributed by atoms with Crippen molar-refractivity contribution in [3.63, 3.8) is 0 Å². The number of carbonyl (C=O) groups is 1. The summed E-state index contributed by atoms with van der Waals surface area (Å²) < 4.78 is 43.3. The first-order chi connectivity index (χ1) is 7.25. The molecular formula is C7H15NO3. The number of quaternary nitrogens is 1. The van der Waals surface area contributed by atoms with E-state index in [4.69, 9.17) is 8.28 Å². The van der Waals surface area contributed by atoms with Gasteiger partial charge in [0.15, 0.2) is 0 Å². The predicted octanol–water partition coefficient (Wildman–Crippen LogP) is -1.81. The van der Waals surface area contributed by atoms with Crippen LogP contribution in [-0.2, 0) is 4.79 Å². The molecular weight excluding hydrogens is 146 g/mol. The first-order valence-electron chi connectivity index (χ1n) is 5.84. The quantitative estimate of drug-likeness (QED) is 0.491. The zero-order chi connectivity index (χ0) is 14.3. The third kappa shape index (κ3) is 7.29. The zero-order valence-corrected chi connectivity index (χ0v) is 6.67. The molecule has 0 aliphatic heterocycles. The van der Waals surface area contributed by atoms with Crippen LogP contribution in [0.2, 0.25) is 0 Å². The second-order valence-electron chi connectivity index (χ2n) is 2.87. The molecule has 0 radical (unpaired) electrons. The van der Waals surface area contributed by atoms with Crippen LogP contribution >= 0.6 is 0 Å². The molecule has 0 rings (SSSR count). The molecule has 0 unspecified atom stereocenters. The smallest absolute Gasteiger partial charge is 0.211 e. The average Bonchev–Trinajstić information content (AvgIpc) is 2.13. The molecule has 0 heterocycles. The van der Waals surface area contributed by atoms with Gasteiger partial charge in [-0.3, -0.25) is 0 Å². The number of carboxylic acid groups (broad SMARTS) is 1. The first-order valence-corrected chi connectivity index (χ1v) is 2.93. The van der Waals surface area contributed by atoms with Gasteiger partial charge >= 0.3 is 0 Å². The summed E-state index contributed by atoms with van der Waals surface area (Å²) in [5.41, 5.74) is 0. The number of aliphatic carboxylic acids is 1. The Bertz CT molecular complexity index is 315. The van der Waals surface area contributed by atoms with Crippen LogP contribution in [0.5, 0.6) is 0 Å². The molecule has 0 spiro atoms. The van der Waals surface area contributed by atoms with Crippen LogP contribution in [0.3, 0.4) is 0 Å².